The molecule has 104 valence electrons. The van der Waals surface area contributed by atoms with E-state index in [1.54, 1.807) is 0 Å². The summed E-state index contributed by atoms with van der Waals surface area (Å²) in [5, 5.41) is 3.58. The largest absolute Gasteiger partial charge is 0.385 e. The molecule has 0 aromatic heterocycles. The molecule has 3 rings (SSSR count). The molecule has 2 saturated heterocycles. The van der Waals surface area contributed by atoms with E-state index in [4.69, 9.17) is 0 Å². The predicted octanol–water partition coefficient (Wildman–Crippen LogP) is 3.45. The van der Waals surface area contributed by atoms with Crippen LogP contribution < -0.4 is 5.32 Å². The zero-order chi connectivity index (χ0) is 12.9. The number of thioether (sulfide) groups is 1. The van der Waals surface area contributed by atoms with Crippen molar-refractivity contribution in [2.75, 3.05) is 36.5 Å². The standard InChI is InChI=1S/C16H24N2S/c1-2-9-18(8-1)12-14-3-5-16(6-4-14)17-11-15-7-10-19-13-15/h3-6,15,17H,1-2,7-13H2. The summed E-state index contributed by atoms with van der Waals surface area (Å²) in [6.45, 7) is 4.82. The van der Waals surface area contributed by atoms with Crippen molar-refractivity contribution in [3.63, 3.8) is 0 Å². The molecule has 0 bridgehead atoms. The lowest BCUT2D eigenvalue weighted by Crippen LogP contribution is -2.18. The van der Waals surface area contributed by atoms with Gasteiger partial charge in [0.1, 0.15) is 0 Å². The molecule has 2 nitrogen and oxygen atoms in total. The van der Waals surface area contributed by atoms with Gasteiger partial charge in [-0.25, -0.2) is 0 Å². The number of rotatable bonds is 5. The molecule has 2 aliphatic heterocycles. The third kappa shape index (κ3) is 3.90. The quantitative estimate of drug-likeness (QED) is 0.887. The van der Waals surface area contributed by atoms with Crippen LogP contribution in [0.2, 0.25) is 0 Å². The summed E-state index contributed by atoms with van der Waals surface area (Å²) in [7, 11) is 0. The highest BCUT2D eigenvalue weighted by Gasteiger charge is 2.15. The van der Waals surface area contributed by atoms with Gasteiger partial charge >= 0.3 is 0 Å². The maximum Gasteiger partial charge on any atom is 0.0340 e. The molecule has 1 unspecified atom stereocenters. The van der Waals surface area contributed by atoms with Gasteiger partial charge in [0.2, 0.25) is 0 Å². The van der Waals surface area contributed by atoms with Crippen LogP contribution in [-0.4, -0.2) is 36.0 Å². The van der Waals surface area contributed by atoms with Gasteiger partial charge in [0.25, 0.3) is 0 Å². The van der Waals surface area contributed by atoms with Crippen molar-refractivity contribution < 1.29 is 0 Å². The zero-order valence-electron chi connectivity index (χ0n) is 11.6. The molecule has 1 N–H and O–H groups in total. The first-order valence-corrected chi connectivity index (χ1v) is 8.68. The van der Waals surface area contributed by atoms with Crippen molar-refractivity contribution in [1.29, 1.82) is 0 Å². The molecule has 0 amide bonds. The molecule has 1 aromatic carbocycles. The summed E-state index contributed by atoms with van der Waals surface area (Å²) in [4.78, 5) is 2.55. The van der Waals surface area contributed by atoms with Crippen LogP contribution in [0.5, 0.6) is 0 Å². The van der Waals surface area contributed by atoms with Crippen LogP contribution in [0.15, 0.2) is 24.3 Å². The number of likely N-dealkylation sites (tertiary alicyclic amines) is 1. The lowest BCUT2D eigenvalue weighted by atomic mass is 10.1. The summed E-state index contributed by atoms with van der Waals surface area (Å²) < 4.78 is 0. The molecule has 0 aliphatic carbocycles. The highest BCUT2D eigenvalue weighted by Crippen LogP contribution is 2.24. The normalized spacial score (nSPS) is 23.9. The summed E-state index contributed by atoms with van der Waals surface area (Å²) in [5.74, 6) is 3.55. The molecular weight excluding hydrogens is 252 g/mol. The van der Waals surface area contributed by atoms with E-state index in [9.17, 15) is 0 Å². The van der Waals surface area contributed by atoms with Crippen LogP contribution in [0.25, 0.3) is 0 Å². The monoisotopic (exact) mass is 276 g/mol. The van der Waals surface area contributed by atoms with Gasteiger partial charge in [0, 0.05) is 18.8 Å². The van der Waals surface area contributed by atoms with E-state index in [1.807, 2.05) is 0 Å². The van der Waals surface area contributed by atoms with Gasteiger partial charge in [0.15, 0.2) is 0 Å². The second kappa shape index (κ2) is 6.67. The Morgan fingerprint density at radius 1 is 1.16 bits per heavy atom. The van der Waals surface area contributed by atoms with Gasteiger partial charge in [-0.3, -0.25) is 4.90 Å². The second-order valence-electron chi connectivity index (χ2n) is 5.79. The number of nitrogens with zero attached hydrogens (tertiary/aromatic N) is 1. The molecule has 2 heterocycles. The fourth-order valence-corrected chi connectivity index (χ4v) is 4.22. The van der Waals surface area contributed by atoms with Crippen molar-refractivity contribution in [1.82, 2.24) is 4.90 Å². The van der Waals surface area contributed by atoms with Crippen LogP contribution in [0.1, 0.15) is 24.8 Å². The van der Waals surface area contributed by atoms with Crippen LogP contribution in [-0.2, 0) is 6.54 Å². The highest BCUT2D eigenvalue weighted by molar-refractivity contribution is 7.99. The third-order valence-electron chi connectivity index (χ3n) is 4.18. The van der Waals surface area contributed by atoms with E-state index < -0.39 is 0 Å². The Hall–Kier alpha value is -0.670. The van der Waals surface area contributed by atoms with Crippen LogP contribution in [0.4, 0.5) is 5.69 Å². The van der Waals surface area contributed by atoms with E-state index in [0.29, 0.717) is 0 Å². The summed E-state index contributed by atoms with van der Waals surface area (Å²) >= 11 is 2.09. The molecule has 2 aliphatic rings. The average Bonchev–Trinajstić information content (AvgIpc) is 3.11. The summed E-state index contributed by atoms with van der Waals surface area (Å²) in [5.41, 5.74) is 2.73. The van der Waals surface area contributed by atoms with Crippen LogP contribution in [0, 0.1) is 5.92 Å². The van der Waals surface area contributed by atoms with Crippen molar-refractivity contribution in [2.24, 2.45) is 5.92 Å². The minimum absolute atomic E-state index is 0.870. The van der Waals surface area contributed by atoms with Gasteiger partial charge in [-0.1, -0.05) is 12.1 Å². The Bertz CT molecular complexity index is 378. The number of hydrogen-bond donors (Lipinski definition) is 1. The number of anilines is 1. The summed E-state index contributed by atoms with van der Waals surface area (Å²) in [6, 6.07) is 9.05. The van der Waals surface area contributed by atoms with Gasteiger partial charge in [0.05, 0.1) is 0 Å². The molecule has 0 radical (unpaired) electrons. The highest BCUT2D eigenvalue weighted by atomic mass is 32.2. The first kappa shape index (κ1) is 13.3. The Morgan fingerprint density at radius 3 is 2.63 bits per heavy atom. The Labute approximate surface area is 121 Å². The molecular formula is C16H24N2S. The minimum atomic E-state index is 0.870. The van der Waals surface area contributed by atoms with E-state index in [0.717, 1.165) is 19.0 Å². The topological polar surface area (TPSA) is 15.3 Å². The smallest absolute Gasteiger partial charge is 0.0340 e. The lowest BCUT2D eigenvalue weighted by Gasteiger charge is -2.15. The van der Waals surface area contributed by atoms with E-state index in [-0.39, 0.29) is 0 Å². The third-order valence-corrected chi connectivity index (χ3v) is 5.41. The summed E-state index contributed by atoms with van der Waals surface area (Å²) in [6.07, 6.45) is 4.13. The molecule has 0 spiro atoms. The van der Waals surface area contributed by atoms with Crippen LogP contribution >= 0.6 is 11.8 Å². The molecule has 1 atom stereocenters. The average molecular weight is 276 g/mol. The van der Waals surface area contributed by atoms with Gasteiger partial charge < -0.3 is 5.32 Å². The Kier molecular flexibility index (Phi) is 4.67. The zero-order valence-corrected chi connectivity index (χ0v) is 12.4. The predicted molar refractivity (Wildman–Crippen MR) is 84.9 cm³/mol. The Morgan fingerprint density at radius 2 is 1.95 bits per heavy atom. The second-order valence-corrected chi connectivity index (χ2v) is 6.94. The fourth-order valence-electron chi connectivity index (χ4n) is 2.93. The van der Waals surface area contributed by atoms with Crippen molar-refractivity contribution >= 4 is 17.4 Å². The van der Waals surface area contributed by atoms with Crippen molar-refractivity contribution in [2.45, 2.75) is 25.8 Å². The SMILES string of the molecule is c1cc(NCC2CCSC2)ccc1CN1CCCC1. The maximum atomic E-state index is 3.58. The molecule has 0 saturated carbocycles. The van der Waals surface area contributed by atoms with Gasteiger partial charge in [-0.05, 0) is 67.5 Å². The number of nitrogens with one attached hydrogen (secondary N) is 1. The lowest BCUT2D eigenvalue weighted by molar-refractivity contribution is 0.331. The molecule has 19 heavy (non-hydrogen) atoms. The molecule has 1 aromatic rings. The molecule has 3 heteroatoms. The van der Waals surface area contributed by atoms with Crippen LogP contribution in [0.3, 0.4) is 0 Å². The van der Waals surface area contributed by atoms with E-state index >= 15 is 0 Å². The Balaban J connectivity index is 1.47. The van der Waals surface area contributed by atoms with E-state index in [2.05, 4.69) is 46.2 Å². The van der Waals surface area contributed by atoms with Gasteiger partial charge in [-0.2, -0.15) is 11.8 Å². The minimum Gasteiger partial charge on any atom is -0.385 e. The maximum absolute atomic E-state index is 3.58. The molecule has 2 fully saturated rings. The van der Waals surface area contributed by atoms with Crippen molar-refractivity contribution in [3.05, 3.63) is 29.8 Å². The number of hydrogen-bond acceptors (Lipinski definition) is 3. The number of benzene rings is 1. The first-order valence-electron chi connectivity index (χ1n) is 7.53. The van der Waals surface area contributed by atoms with Crippen molar-refractivity contribution in [3.8, 4) is 0 Å². The van der Waals surface area contributed by atoms with E-state index in [1.165, 1.54) is 55.1 Å². The van der Waals surface area contributed by atoms with Gasteiger partial charge in [-0.15, -0.1) is 0 Å². The fraction of sp³-hybridized carbons (Fsp3) is 0.625. The first-order chi connectivity index (χ1) is 9.40.